The van der Waals surface area contributed by atoms with Gasteiger partial charge in [-0.25, -0.2) is 12.6 Å². The van der Waals surface area contributed by atoms with E-state index in [2.05, 4.69) is 0 Å². The summed E-state index contributed by atoms with van der Waals surface area (Å²) in [5, 5.41) is 0.182. The van der Waals surface area contributed by atoms with Crippen molar-refractivity contribution in [1.29, 1.82) is 0 Å². The van der Waals surface area contributed by atoms with Crippen molar-refractivity contribution < 1.29 is 12.6 Å². The van der Waals surface area contributed by atoms with Gasteiger partial charge in [0.15, 0.2) is 9.84 Å². The van der Waals surface area contributed by atoms with Gasteiger partial charge < -0.3 is 0 Å². The number of hydrogen-bond donors (Lipinski definition) is 0. The van der Waals surface area contributed by atoms with Crippen LogP contribution in [0.4, 0.5) is 0 Å². The van der Waals surface area contributed by atoms with Crippen LogP contribution < -0.4 is 0 Å². The Morgan fingerprint density at radius 1 is 1.44 bits per heavy atom. The number of hydrogen-bond acceptors (Lipinski definition) is 3. The quantitative estimate of drug-likeness (QED) is 0.722. The van der Waals surface area contributed by atoms with Crippen LogP contribution in [0.3, 0.4) is 0 Å². The van der Waals surface area contributed by atoms with Crippen molar-refractivity contribution in [3.05, 3.63) is 34.2 Å². The highest BCUT2D eigenvalue weighted by Crippen LogP contribution is 2.27. The molecular weight excluding hydrogens is 268 g/mol. The average Bonchev–Trinajstić information content (AvgIpc) is 2.25. The summed E-state index contributed by atoms with van der Waals surface area (Å²) in [6, 6.07) is 0. The fourth-order valence-corrected chi connectivity index (χ4v) is 2.80. The van der Waals surface area contributed by atoms with Crippen LogP contribution in [0.5, 0.6) is 0 Å². The molecular formula is C10H11ClO3S2. The summed E-state index contributed by atoms with van der Waals surface area (Å²) in [5.41, 5.74) is 0. The molecule has 0 spiro atoms. The smallest absolute Gasteiger partial charge is 0.172 e. The molecule has 1 rings (SSSR count). The summed E-state index contributed by atoms with van der Waals surface area (Å²) >= 11 is 6.34. The molecule has 0 radical (unpaired) electrons. The Labute approximate surface area is 103 Å². The summed E-state index contributed by atoms with van der Waals surface area (Å²) in [4.78, 5) is 0.598. The predicted molar refractivity (Wildman–Crippen MR) is 68.3 cm³/mol. The minimum absolute atomic E-state index is 0.102. The minimum atomic E-state index is -3.32. The minimum Gasteiger partial charge on any atom is -0.224 e. The van der Waals surface area contributed by atoms with Gasteiger partial charge in [0.05, 0.1) is 26.9 Å². The van der Waals surface area contributed by atoms with E-state index >= 15 is 0 Å². The fraction of sp³-hybridized carbons (Fsp3) is 0.300. The van der Waals surface area contributed by atoms with Gasteiger partial charge in [-0.2, -0.15) is 0 Å². The van der Waals surface area contributed by atoms with Gasteiger partial charge in [-0.1, -0.05) is 29.8 Å². The van der Waals surface area contributed by atoms with Crippen molar-refractivity contribution in [3.8, 4) is 0 Å². The Morgan fingerprint density at radius 2 is 2.06 bits per heavy atom. The molecule has 0 fully saturated rings. The van der Waals surface area contributed by atoms with Gasteiger partial charge >= 0.3 is 0 Å². The molecule has 0 N–H and O–H groups in total. The molecule has 0 saturated carbocycles. The number of halogens is 1. The molecule has 6 heteroatoms. The second kappa shape index (κ2) is 5.12. The molecule has 1 atom stereocenters. The molecule has 0 aromatic rings. The van der Waals surface area contributed by atoms with E-state index in [0.29, 0.717) is 16.1 Å². The van der Waals surface area contributed by atoms with Gasteiger partial charge in [0, 0.05) is 11.3 Å². The summed E-state index contributed by atoms with van der Waals surface area (Å²) in [6.45, 7) is 1.44. The maximum absolute atomic E-state index is 11.3. The van der Waals surface area contributed by atoms with Crippen molar-refractivity contribution in [3.63, 3.8) is 0 Å². The molecule has 0 aliphatic heterocycles. The standard InChI is InChI=1S/C10H11ClO3S2/c1-7(16(2,13)14)10(11)8-5-3-4-6-9(8)15-12/h3-6,8H,1-2H3. The topological polar surface area (TPSA) is 51.2 Å². The fourth-order valence-electron chi connectivity index (χ4n) is 1.21. The molecule has 0 aromatic heterocycles. The first-order valence-electron chi connectivity index (χ1n) is 4.45. The second-order valence-corrected chi connectivity index (χ2v) is 6.59. The van der Waals surface area contributed by atoms with E-state index in [-0.39, 0.29) is 9.94 Å². The summed E-state index contributed by atoms with van der Waals surface area (Å²) < 4.78 is 33.5. The zero-order valence-corrected chi connectivity index (χ0v) is 11.2. The van der Waals surface area contributed by atoms with E-state index in [1.54, 1.807) is 24.3 Å². The van der Waals surface area contributed by atoms with Crippen LogP contribution in [-0.4, -0.2) is 23.7 Å². The van der Waals surface area contributed by atoms with Gasteiger partial charge in [-0.05, 0) is 13.0 Å². The normalized spacial score (nSPS) is 21.9. The SMILES string of the molecule is CC(=C(Cl)C1C=CC=CC1=S=O)S(C)(=O)=O. The van der Waals surface area contributed by atoms with Crippen LogP contribution in [0.25, 0.3) is 0 Å². The summed E-state index contributed by atoms with van der Waals surface area (Å²) in [5.74, 6) is -0.441. The first kappa shape index (κ1) is 13.4. The molecule has 16 heavy (non-hydrogen) atoms. The van der Waals surface area contributed by atoms with E-state index in [4.69, 9.17) is 11.6 Å². The maximum atomic E-state index is 11.3. The zero-order valence-electron chi connectivity index (χ0n) is 8.81. The van der Waals surface area contributed by atoms with Crippen molar-refractivity contribution in [2.45, 2.75) is 6.92 Å². The third-order valence-corrected chi connectivity index (χ3v) is 4.79. The predicted octanol–water partition coefficient (Wildman–Crippen LogP) is 1.63. The van der Waals surface area contributed by atoms with Crippen LogP contribution in [-0.2, 0) is 21.1 Å². The molecule has 3 nitrogen and oxygen atoms in total. The summed E-state index contributed by atoms with van der Waals surface area (Å²) in [7, 11) is -3.32. The first-order chi connectivity index (χ1) is 7.38. The molecule has 88 valence electrons. The lowest BCUT2D eigenvalue weighted by Crippen LogP contribution is -2.15. The number of rotatable bonds is 2. The van der Waals surface area contributed by atoms with Gasteiger partial charge in [-0.3, -0.25) is 0 Å². The van der Waals surface area contributed by atoms with E-state index in [9.17, 15) is 12.6 Å². The lowest BCUT2D eigenvalue weighted by atomic mass is 10.00. The Bertz CT molecular complexity index is 534. The van der Waals surface area contributed by atoms with Gasteiger partial charge in [0.1, 0.15) is 0 Å². The third kappa shape index (κ3) is 2.93. The van der Waals surface area contributed by atoms with E-state index in [1.807, 2.05) is 0 Å². The van der Waals surface area contributed by atoms with Crippen LogP contribution in [0, 0.1) is 5.92 Å². The van der Waals surface area contributed by atoms with Gasteiger partial charge in [-0.15, -0.1) is 0 Å². The largest absolute Gasteiger partial charge is 0.224 e. The highest BCUT2D eigenvalue weighted by atomic mass is 35.5. The lowest BCUT2D eigenvalue weighted by molar-refractivity contribution is 0.607. The van der Waals surface area contributed by atoms with Gasteiger partial charge in [0.25, 0.3) is 0 Å². The zero-order chi connectivity index (χ0) is 12.3. The number of allylic oxidation sites excluding steroid dienone is 6. The second-order valence-electron chi connectivity index (χ2n) is 3.38. The van der Waals surface area contributed by atoms with Crippen molar-refractivity contribution in [2.24, 2.45) is 5.92 Å². The maximum Gasteiger partial charge on any atom is 0.172 e. The summed E-state index contributed by atoms with van der Waals surface area (Å²) in [6.07, 6.45) is 7.90. The van der Waals surface area contributed by atoms with Crippen LogP contribution >= 0.6 is 11.6 Å². The molecule has 1 unspecified atom stereocenters. The Kier molecular flexibility index (Phi) is 4.29. The van der Waals surface area contributed by atoms with Crippen LogP contribution in [0.15, 0.2) is 34.2 Å². The van der Waals surface area contributed by atoms with E-state index in [0.717, 1.165) is 6.26 Å². The lowest BCUT2D eigenvalue weighted by Gasteiger charge is -2.14. The monoisotopic (exact) mass is 278 g/mol. The third-order valence-electron chi connectivity index (χ3n) is 2.24. The Morgan fingerprint density at radius 3 is 2.56 bits per heavy atom. The molecule has 1 aliphatic rings. The van der Waals surface area contributed by atoms with Crippen molar-refractivity contribution >= 4 is 37.6 Å². The van der Waals surface area contributed by atoms with Crippen LogP contribution in [0.1, 0.15) is 6.92 Å². The molecule has 0 amide bonds. The average molecular weight is 279 g/mol. The van der Waals surface area contributed by atoms with E-state index in [1.165, 1.54) is 6.92 Å². The highest BCUT2D eigenvalue weighted by molar-refractivity contribution is 7.94. The first-order valence-corrected chi connectivity index (χ1v) is 7.47. The molecule has 0 bridgehead atoms. The van der Waals surface area contributed by atoms with Crippen LogP contribution in [0.2, 0.25) is 0 Å². The molecule has 1 aliphatic carbocycles. The van der Waals surface area contributed by atoms with Gasteiger partial charge in [0.2, 0.25) is 0 Å². The number of sulfone groups is 1. The van der Waals surface area contributed by atoms with Crippen molar-refractivity contribution in [2.75, 3.05) is 6.26 Å². The molecule has 0 saturated heterocycles. The molecule has 0 heterocycles. The highest BCUT2D eigenvalue weighted by Gasteiger charge is 2.21. The van der Waals surface area contributed by atoms with Crippen molar-refractivity contribution in [1.82, 2.24) is 0 Å². The Balaban J connectivity index is 3.27. The Hall–Kier alpha value is -0.650. The van der Waals surface area contributed by atoms with E-state index < -0.39 is 15.8 Å². The molecule has 0 aromatic carbocycles.